The lowest BCUT2D eigenvalue weighted by Gasteiger charge is -2.22. The number of rotatable bonds is 3. The summed E-state index contributed by atoms with van der Waals surface area (Å²) in [6.07, 6.45) is 0.925. The number of anilines is 2. The predicted molar refractivity (Wildman–Crippen MR) is 131 cm³/mol. The molecule has 0 aromatic heterocycles. The first kappa shape index (κ1) is 17.7. The average molecular weight is 397 g/mol. The minimum Gasteiger partial charge on any atom is -0.282 e. The minimum atomic E-state index is 0.888. The van der Waals surface area contributed by atoms with E-state index in [0.29, 0.717) is 0 Å². The summed E-state index contributed by atoms with van der Waals surface area (Å²) in [4.78, 5) is 14.2. The molecule has 0 radical (unpaired) electrons. The van der Waals surface area contributed by atoms with Crippen LogP contribution in [0.1, 0.15) is 0 Å². The van der Waals surface area contributed by atoms with E-state index >= 15 is 0 Å². The summed E-state index contributed by atoms with van der Waals surface area (Å²) in [6, 6.07) is 37.7. The molecular formula is C29H19NO. The molecule has 2 heteroatoms. The van der Waals surface area contributed by atoms with E-state index in [1.54, 1.807) is 4.90 Å². The third-order valence-corrected chi connectivity index (χ3v) is 6.07. The fourth-order valence-corrected chi connectivity index (χ4v) is 4.56. The molecule has 0 fully saturated rings. The lowest BCUT2D eigenvalue weighted by atomic mass is 10.00. The van der Waals surface area contributed by atoms with Crippen LogP contribution < -0.4 is 4.90 Å². The molecule has 31 heavy (non-hydrogen) atoms. The van der Waals surface area contributed by atoms with Crippen molar-refractivity contribution in [3.05, 3.63) is 109 Å². The van der Waals surface area contributed by atoms with E-state index in [4.69, 9.17) is 0 Å². The monoisotopic (exact) mass is 397 g/mol. The summed E-state index contributed by atoms with van der Waals surface area (Å²) in [7, 11) is 0. The molecule has 0 spiro atoms. The first-order valence-electron chi connectivity index (χ1n) is 10.4. The van der Waals surface area contributed by atoms with Crippen molar-refractivity contribution in [2.24, 2.45) is 0 Å². The van der Waals surface area contributed by atoms with E-state index in [1.807, 2.05) is 36.4 Å². The van der Waals surface area contributed by atoms with Gasteiger partial charge in [0.1, 0.15) is 0 Å². The average Bonchev–Trinajstić information content (AvgIpc) is 2.82. The smallest absolute Gasteiger partial charge is 0.218 e. The maximum absolute atomic E-state index is 12.4. The second kappa shape index (κ2) is 6.96. The SMILES string of the molecule is O=CN(c1cccc2cc3ccccc3cc12)c1cccc2cc3ccccc3cc12. The molecule has 0 aliphatic heterocycles. The third kappa shape index (κ3) is 2.84. The summed E-state index contributed by atoms with van der Waals surface area (Å²) in [6.45, 7) is 0. The van der Waals surface area contributed by atoms with E-state index in [-0.39, 0.29) is 0 Å². The van der Waals surface area contributed by atoms with Gasteiger partial charge in [-0.3, -0.25) is 9.69 Å². The van der Waals surface area contributed by atoms with Gasteiger partial charge in [0.2, 0.25) is 6.41 Å². The van der Waals surface area contributed by atoms with Crippen LogP contribution in [-0.4, -0.2) is 6.41 Å². The Morgan fingerprint density at radius 2 is 0.839 bits per heavy atom. The summed E-state index contributed by atoms with van der Waals surface area (Å²) in [5.74, 6) is 0. The van der Waals surface area contributed by atoms with Crippen LogP contribution in [0.4, 0.5) is 11.4 Å². The highest BCUT2D eigenvalue weighted by Crippen LogP contribution is 2.38. The Morgan fingerprint density at radius 1 is 0.452 bits per heavy atom. The van der Waals surface area contributed by atoms with Gasteiger partial charge in [-0.2, -0.15) is 0 Å². The van der Waals surface area contributed by atoms with Gasteiger partial charge < -0.3 is 0 Å². The molecule has 146 valence electrons. The van der Waals surface area contributed by atoms with Gasteiger partial charge in [-0.25, -0.2) is 0 Å². The van der Waals surface area contributed by atoms with Gasteiger partial charge in [0.05, 0.1) is 11.4 Å². The molecule has 0 atom stereocenters. The van der Waals surface area contributed by atoms with E-state index < -0.39 is 0 Å². The molecule has 0 aliphatic carbocycles. The fourth-order valence-electron chi connectivity index (χ4n) is 4.56. The van der Waals surface area contributed by atoms with Crippen molar-refractivity contribution in [3.63, 3.8) is 0 Å². The van der Waals surface area contributed by atoms with E-state index in [9.17, 15) is 4.79 Å². The van der Waals surface area contributed by atoms with Crippen LogP contribution in [0.15, 0.2) is 109 Å². The van der Waals surface area contributed by atoms with Gasteiger partial charge in [0.15, 0.2) is 0 Å². The second-order valence-electron chi connectivity index (χ2n) is 7.87. The van der Waals surface area contributed by atoms with Crippen LogP contribution in [0.25, 0.3) is 43.1 Å². The van der Waals surface area contributed by atoms with Gasteiger partial charge in [-0.1, -0.05) is 72.8 Å². The standard InChI is InChI=1S/C29H19NO/c31-19-30(28-13-5-11-24-15-20-7-1-3-9-22(20)17-26(24)28)29-14-6-12-25-16-21-8-2-4-10-23(21)18-27(25)29/h1-19H. The Hall–Kier alpha value is -4.17. The normalized spacial score (nSPS) is 11.4. The van der Waals surface area contributed by atoms with E-state index in [0.717, 1.165) is 50.1 Å². The first-order valence-corrected chi connectivity index (χ1v) is 10.4. The molecule has 0 aliphatic rings. The van der Waals surface area contributed by atoms with Crippen molar-refractivity contribution < 1.29 is 4.79 Å². The largest absolute Gasteiger partial charge is 0.282 e. The Kier molecular flexibility index (Phi) is 3.97. The van der Waals surface area contributed by atoms with Gasteiger partial charge in [0, 0.05) is 10.8 Å². The summed E-state index contributed by atoms with van der Waals surface area (Å²) >= 11 is 0. The molecular weight excluding hydrogens is 378 g/mol. The molecule has 0 bridgehead atoms. The quantitative estimate of drug-likeness (QED) is 0.222. The number of fused-ring (bicyclic) bond motifs is 4. The Labute approximate surface area is 180 Å². The zero-order valence-electron chi connectivity index (χ0n) is 16.8. The number of benzene rings is 6. The molecule has 6 aromatic carbocycles. The first-order chi connectivity index (χ1) is 15.3. The molecule has 0 heterocycles. The van der Waals surface area contributed by atoms with Gasteiger partial charge in [-0.05, 0) is 68.7 Å². The summed E-state index contributed by atoms with van der Waals surface area (Å²) in [5.41, 5.74) is 1.78. The summed E-state index contributed by atoms with van der Waals surface area (Å²) in [5, 5.41) is 9.08. The van der Waals surface area contributed by atoms with Gasteiger partial charge in [0.25, 0.3) is 0 Å². The lowest BCUT2D eigenvalue weighted by Crippen LogP contribution is -2.14. The number of amides is 1. The highest BCUT2D eigenvalue weighted by molar-refractivity contribution is 6.12. The zero-order chi connectivity index (χ0) is 20.8. The van der Waals surface area contributed by atoms with Gasteiger partial charge in [-0.15, -0.1) is 0 Å². The number of carbonyl (C=O) groups is 1. The van der Waals surface area contributed by atoms with Crippen molar-refractivity contribution in [2.45, 2.75) is 0 Å². The summed E-state index contributed by atoms with van der Waals surface area (Å²) < 4.78 is 0. The van der Waals surface area contributed by atoms with Crippen LogP contribution in [0.2, 0.25) is 0 Å². The van der Waals surface area contributed by atoms with Crippen molar-refractivity contribution in [1.29, 1.82) is 0 Å². The fraction of sp³-hybridized carbons (Fsp3) is 0. The van der Waals surface area contributed by atoms with E-state index in [1.165, 1.54) is 10.8 Å². The molecule has 2 nitrogen and oxygen atoms in total. The maximum Gasteiger partial charge on any atom is 0.218 e. The van der Waals surface area contributed by atoms with Crippen molar-refractivity contribution in [3.8, 4) is 0 Å². The highest BCUT2D eigenvalue weighted by atomic mass is 16.1. The Bertz CT molecular complexity index is 1500. The number of nitrogens with zero attached hydrogens (tertiary/aromatic N) is 1. The molecule has 0 unspecified atom stereocenters. The molecule has 6 aromatic rings. The third-order valence-electron chi connectivity index (χ3n) is 6.07. The van der Waals surface area contributed by atoms with Crippen molar-refractivity contribution in [1.82, 2.24) is 0 Å². The minimum absolute atomic E-state index is 0.888. The molecule has 6 rings (SSSR count). The van der Waals surface area contributed by atoms with Crippen LogP contribution >= 0.6 is 0 Å². The van der Waals surface area contributed by atoms with Crippen LogP contribution in [-0.2, 0) is 4.79 Å². The van der Waals surface area contributed by atoms with Crippen LogP contribution in [0.3, 0.4) is 0 Å². The molecule has 1 amide bonds. The van der Waals surface area contributed by atoms with E-state index in [2.05, 4.69) is 72.8 Å². The second-order valence-corrected chi connectivity index (χ2v) is 7.87. The Morgan fingerprint density at radius 3 is 1.26 bits per heavy atom. The van der Waals surface area contributed by atoms with Crippen LogP contribution in [0, 0.1) is 0 Å². The van der Waals surface area contributed by atoms with Crippen molar-refractivity contribution in [2.75, 3.05) is 4.90 Å². The molecule has 0 saturated carbocycles. The predicted octanol–water partition coefficient (Wildman–Crippen LogP) is 7.59. The number of hydrogen-bond donors (Lipinski definition) is 0. The van der Waals surface area contributed by atoms with Crippen LogP contribution in [0.5, 0.6) is 0 Å². The maximum atomic E-state index is 12.4. The lowest BCUT2D eigenvalue weighted by molar-refractivity contribution is -0.106. The number of hydrogen-bond acceptors (Lipinski definition) is 1. The topological polar surface area (TPSA) is 20.3 Å². The highest BCUT2D eigenvalue weighted by Gasteiger charge is 2.15. The van der Waals surface area contributed by atoms with Gasteiger partial charge >= 0.3 is 0 Å². The molecule has 0 N–H and O–H groups in total. The zero-order valence-corrected chi connectivity index (χ0v) is 16.8. The molecule has 0 saturated heterocycles. The number of carbonyl (C=O) groups excluding carboxylic acids is 1. The Balaban J connectivity index is 1.63. The van der Waals surface area contributed by atoms with Crippen molar-refractivity contribution >= 4 is 60.9 Å².